The Hall–Kier alpha value is -1.58. The van der Waals surface area contributed by atoms with Crippen molar-refractivity contribution >= 4 is 11.6 Å². The predicted octanol–water partition coefficient (Wildman–Crippen LogP) is 3.13. The van der Waals surface area contributed by atoms with E-state index in [2.05, 4.69) is 24.4 Å². The highest BCUT2D eigenvalue weighted by Crippen LogP contribution is 2.25. The van der Waals surface area contributed by atoms with Crippen molar-refractivity contribution in [3.8, 4) is 0 Å². The van der Waals surface area contributed by atoms with Gasteiger partial charge in [-0.2, -0.15) is 5.10 Å². The van der Waals surface area contributed by atoms with Crippen molar-refractivity contribution in [3.63, 3.8) is 0 Å². The molecule has 0 unspecified atom stereocenters. The third-order valence-corrected chi connectivity index (χ3v) is 3.67. The fraction of sp³-hybridized carbons (Fsp3) is 0.571. The van der Waals surface area contributed by atoms with E-state index in [9.17, 15) is 4.79 Å². The fourth-order valence-electron chi connectivity index (χ4n) is 2.53. The minimum atomic E-state index is -0.196. The minimum Gasteiger partial charge on any atom is -0.469 e. The second kappa shape index (κ2) is 5.38. The number of nitrogens with zero attached hydrogens (tertiary/aromatic N) is 1. The van der Waals surface area contributed by atoms with Crippen molar-refractivity contribution in [1.82, 2.24) is 5.43 Å². The van der Waals surface area contributed by atoms with E-state index in [0.29, 0.717) is 23.2 Å². The van der Waals surface area contributed by atoms with Crippen LogP contribution in [0.1, 0.15) is 49.2 Å². The Bertz CT molecular complexity index is 450. The van der Waals surface area contributed by atoms with E-state index in [1.807, 2.05) is 0 Å². The Morgan fingerprint density at radius 3 is 2.61 bits per heavy atom. The summed E-state index contributed by atoms with van der Waals surface area (Å²) in [5.41, 5.74) is 4.30. The first kappa shape index (κ1) is 12.9. The molecule has 4 nitrogen and oxygen atoms in total. The monoisotopic (exact) mass is 248 g/mol. The van der Waals surface area contributed by atoms with Crippen molar-refractivity contribution in [2.24, 2.45) is 16.9 Å². The van der Waals surface area contributed by atoms with Crippen LogP contribution in [0, 0.1) is 18.8 Å². The zero-order chi connectivity index (χ0) is 13.1. The Morgan fingerprint density at radius 2 is 2.06 bits per heavy atom. The van der Waals surface area contributed by atoms with Gasteiger partial charge in [-0.15, -0.1) is 0 Å². The molecule has 1 amide bonds. The Kier molecular flexibility index (Phi) is 3.84. The van der Waals surface area contributed by atoms with Crippen LogP contribution in [-0.4, -0.2) is 11.6 Å². The van der Waals surface area contributed by atoms with E-state index >= 15 is 0 Å². The van der Waals surface area contributed by atoms with Crippen LogP contribution < -0.4 is 5.43 Å². The van der Waals surface area contributed by atoms with Gasteiger partial charge < -0.3 is 4.42 Å². The first-order valence-corrected chi connectivity index (χ1v) is 6.51. The van der Waals surface area contributed by atoms with Crippen LogP contribution in [0.5, 0.6) is 0 Å². The number of hydrogen-bond donors (Lipinski definition) is 1. The molecule has 98 valence electrons. The van der Waals surface area contributed by atoms with Crippen LogP contribution in [0.25, 0.3) is 0 Å². The number of rotatable bonds is 2. The largest absolute Gasteiger partial charge is 0.469 e. The lowest BCUT2D eigenvalue weighted by molar-refractivity contribution is 0.0952. The zero-order valence-electron chi connectivity index (χ0n) is 11.2. The third-order valence-electron chi connectivity index (χ3n) is 3.67. The summed E-state index contributed by atoms with van der Waals surface area (Å²) in [4.78, 5) is 11.9. The molecule has 18 heavy (non-hydrogen) atoms. The summed E-state index contributed by atoms with van der Waals surface area (Å²) < 4.78 is 5.11. The normalized spacial score (nSPS) is 26.3. The molecule has 0 bridgehead atoms. The Morgan fingerprint density at radius 1 is 1.39 bits per heavy atom. The van der Waals surface area contributed by atoms with Crippen molar-refractivity contribution in [2.75, 3.05) is 0 Å². The molecule has 2 atom stereocenters. The van der Waals surface area contributed by atoms with Gasteiger partial charge in [-0.05, 0) is 37.7 Å². The van der Waals surface area contributed by atoms with Gasteiger partial charge in [0.2, 0.25) is 0 Å². The Balaban J connectivity index is 2.06. The molecule has 1 fully saturated rings. The van der Waals surface area contributed by atoms with E-state index < -0.39 is 0 Å². The molecule has 0 aliphatic heterocycles. The molecule has 1 aromatic heterocycles. The summed E-state index contributed by atoms with van der Waals surface area (Å²) in [6.45, 7) is 6.11. The van der Waals surface area contributed by atoms with Crippen LogP contribution in [0.2, 0.25) is 0 Å². The van der Waals surface area contributed by atoms with E-state index in [4.69, 9.17) is 4.42 Å². The molecule has 1 saturated carbocycles. The predicted molar refractivity (Wildman–Crippen MR) is 70.5 cm³/mol. The lowest BCUT2D eigenvalue weighted by Crippen LogP contribution is -2.29. The van der Waals surface area contributed by atoms with Crippen molar-refractivity contribution < 1.29 is 9.21 Å². The molecule has 0 aromatic carbocycles. The molecular weight excluding hydrogens is 228 g/mol. The second-order valence-corrected chi connectivity index (χ2v) is 5.10. The highest BCUT2D eigenvalue weighted by Gasteiger charge is 2.23. The molecule has 0 saturated heterocycles. The molecule has 1 aromatic rings. The fourth-order valence-corrected chi connectivity index (χ4v) is 2.53. The lowest BCUT2D eigenvalue weighted by Gasteiger charge is -2.26. The molecule has 1 heterocycles. The highest BCUT2D eigenvalue weighted by molar-refractivity contribution is 5.96. The Labute approximate surface area is 107 Å². The molecule has 1 aliphatic rings. The van der Waals surface area contributed by atoms with Crippen molar-refractivity contribution in [2.45, 2.75) is 40.0 Å². The van der Waals surface area contributed by atoms with E-state index in [1.165, 1.54) is 12.7 Å². The SMILES string of the molecule is Cc1occc1C(=O)NN=C1[C@H](C)CCC[C@@H]1C. The maximum Gasteiger partial charge on any atom is 0.274 e. The lowest BCUT2D eigenvalue weighted by atomic mass is 9.81. The van der Waals surface area contributed by atoms with Gasteiger partial charge >= 0.3 is 0 Å². The standard InChI is InChI=1S/C14H20N2O2/c1-9-5-4-6-10(2)13(9)15-16-14(17)12-7-8-18-11(12)3/h7-10H,4-6H2,1-3H3,(H,16,17)/t9-,10+. The van der Waals surface area contributed by atoms with E-state index in [0.717, 1.165) is 18.6 Å². The van der Waals surface area contributed by atoms with Gasteiger partial charge in [0.25, 0.3) is 5.91 Å². The number of aryl methyl sites for hydroxylation is 1. The van der Waals surface area contributed by atoms with Crippen LogP contribution in [0.4, 0.5) is 0 Å². The van der Waals surface area contributed by atoms with Gasteiger partial charge in [0.1, 0.15) is 5.76 Å². The molecule has 1 aliphatic carbocycles. The number of carbonyl (C=O) groups excluding carboxylic acids is 1. The average Bonchev–Trinajstić information content (AvgIpc) is 2.74. The second-order valence-electron chi connectivity index (χ2n) is 5.10. The zero-order valence-corrected chi connectivity index (χ0v) is 11.2. The first-order chi connectivity index (χ1) is 8.59. The number of amides is 1. The average molecular weight is 248 g/mol. The minimum absolute atomic E-state index is 0.196. The molecule has 0 radical (unpaired) electrons. The van der Waals surface area contributed by atoms with Gasteiger partial charge in [-0.1, -0.05) is 20.3 Å². The smallest absolute Gasteiger partial charge is 0.274 e. The number of hydrazone groups is 1. The van der Waals surface area contributed by atoms with Crippen LogP contribution in [-0.2, 0) is 0 Å². The van der Waals surface area contributed by atoms with Crippen LogP contribution in [0.15, 0.2) is 21.8 Å². The highest BCUT2D eigenvalue weighted by atomic mass is 16.3. The summed E-state index contributed by atoms with van der Waals surface area (Å²) in [6, 6.07) is 1.67. The quantitative estimate of drug-likeness (QED) is 0.817. The number of nitrogens with one attached hydrogen (secondary N) is 1. The van der Waals surface area contributed by atoms with Gasteiger partial charge in [-0.3, -0.25) is 4.79 Å². The van der Waals surface area contributed by atoms with E-state index in [1.54, 1.807) is 13.0 Å². The molecule has 2 rings (SSSR count). The summed E-state index contributed by atoms with van der Waals surface area (Å²) in [5.74, 6) is 1.34. The maximum absolute atomic E-state index is 11.9. The molecular formula is C14H20N2O2. The third kappa shape index (κ3) is 2.63. The van der Waals surface area contributed by atoms with Crippen molar-refractivity contribution in [1.29, 1.82) is 0 Å². The van der Waals surface area contributed by atoms with Crippen LogP contribution >= 0.6 is 0 Å². The summed E-state index contributed by atoms with van der Waals surface area (Å²) in [7, 11) is 0. The molecule has 1 N–H and O–H groups in total. The van der Waals surface area contributed by atoms with Crippen molar-refractivity contribution in [3.05, 3.63) is 23.7 Å². The van der Waals surface area contributed by atoms with E-state index in [-0.39, 0.29) is 5.91 Å². The number of furan rings is 1. The topological polar surface area (TPSA) is 54.6 Å². The van der Waals surface area contributed by atoms with Gasteiger partial charge in [0, 0.05) is 5.71 Å². The first-order valence-electron chi connectivity index (χ1n) is 6.51. The molecule has 4 heteroatoms. The van der Waals surface area contributed by atoms with Gasteiger partial charge in [0.15, 0.2) is 0 Å². The van der Waals surface area contributed by atoms with Gasteiger partial charge in [0.05, 0.1) is 11.8 Å². The number of hydrogen-bond acceptors (Lipinski definition) is 3. The summed E-state index contributed by atoms with van der Waals surface area (Å²) in [6.07, 6.45) is 5.08. The molecule has 0 spiro atoms. The van der Waals surface area contributed by atoms with Crippen LogP contribution in [0.3, 0.4) is 0 Å². The summed E-state index contributed by atoms with van der Waals surface area (Å²) >= 11 is 0. The summed E-state index contributed by atoms with van der Waals surface area (Å²) in [5, 5.41) is 4.32. The number of carbonyl (C=O) groups is 1. The maximum atomic E-state index is 11.9. The van der Waals surface area contributed by atoms with Gasteiger partial charge in [-0.25, -0.2) is 5.43 Å².